The van der Waals surface area contributed by atoms with E-state index in [0.717, 1.165) is 0 Å². The minimum Gasteiger partial charge on any atom is -0.490 e. The van der Waals surface area contributed by atoms with Crippen LogP contribution in [0.15, 0.2) is 18.2 Å². The minimum atomic E-state index is -1.04. The third-order valence-corrected chi connectivity index (χ3v) is 2.30. The Morgan fingerprint density at radius 1 is 1.44 bits per heavy atom. The zero-order chi connectivity index (χ0) is 13.7. The molecule has 0 saturated heterocycles. The number of hydrogen-bond donors (Lipinski definition) is 3. The number of non-ortho nitro benzene ring substituents is 1. The van der Waals surface area contributed by atoms with Gasteiger partial charge >= 0.3 is 0 Å². The predicted molar refractivity (Wildman–Crippen MR) is 62.3 cm³/mol. The number of benzene rings is 1. The molecular formula is C11H15NO6. The van der Waals surface area contributed by atoms with Crippen LogP contribution in [0.5, 0.6) is 5.75 Å². The first-order valence-corrected chi connectivity index (χ1v) is 5.33. The van der Waals surface area contributed by atoms with Crippen molar-refractivity contribution in [2.24, 2.45) is 0 Å². The van der Waals surface area contributed by atoms with Crippen molar-refractivity contribution in [2.45, 2.75) is 19.1 Å². The highest BCUT2D eigenvalue weighted by atomic mass is 16.6. The van der Waals surface area contributed by atoms with Crippen LogP contribution in [0.3, 0.4) is 0 Å². The van der Waals surface area contributed by atoms with E-state index in [9.17, 15) is 15.2 Å². The van der Waals surface area contributed by atoms with Crippen LogP contribution in [0.1, 0.15) is 18.6 Å². The van der Waals surface area contributed by atoms with Gasteiger partial charge in [-0.05, 0) is 13.0 Å². The van der Waals surface area contributed by atoms with E-state index in [1.807, 2.05) is 0 Å². The highest BCUT2D eigenvalue weighted by Gasteiger charge is 2.16. The number of nitro groups is 1. The molecule has 7 heteroatoms. The van der Waals surface area contributed by atoms with Crippen molar-refractivity contribution < 1.29 is 25.0 Å². The van der Waals surface area contributed by atoms with Crippen LogP contribution in [0.25, 0.3) is 0 Å². The molecule has 7 nitrogen and oxygen atoms in total. The molecule has 0 bridgehead atoms. The van der Waals surface area contributed by atoms with Crippen LogP contribution < -0.4 is 4.74 Å². The van der Waals surface area contributed by atoms with E-state index in [2.05, 4.69) is 0 Å². The summed E-state index contributed by atoms with van der Waals surface area (Å²) in [4.78, 5) is 10.0. The molecular weight excluding hydrogens is 242 g/mol. The highest BCUT2D eigenvalue weighted by molar-refractivity contribution is 5.44. The van der Waals surface area contributed by atoms with E-state index in [1.54, 1.807) is 0 Å². The van der Waals surface area contributed by atoms with Crippen molar-refractivity contribution in [2.75, 3.05) is 13.2 Å². The molecule has 1 aromatic carbocycles. The summed E-state index contributed by atoms with van der Waals surface area (Å²) in [6.45, 7) is 0.847. The lowest BCUT2D eigenvalue weighted by Crippen LogP contribution is -2.21. The maximum atomic E-state index is 10.6. The monoisotopic (exact) mass is 257 g/mol. The summed E-state index contributed by atoms with van der Waals surface area (Å²) in [5, 5.41) is 37.9. The van der Waals surface area contributed by atoms with Gasteiger partial charge in [0.2, 0.25) is 0 Å². The average Bonchev–Trinajstić information content (AvgIpc) is 2.35. The maximum absolute atomic E-state index is 10.6. The fraction of sp³-hybridized carbons (Fsp3) is 0.455. The number of hydrogen-bond acceptors (Lipinski definition) is 6. The summed E-state index contributed by atoms with van der Waals surface area (Å²) in [5.74, 6) is 0.239. The normalized spacial score (nSPS) is 14.0. The molecule has 0 heterocycles. The van der Waals surface area contributed by atoms with Crippen LogP contribution in [0.4, 0.5) is 5.69 Å². The predicted octanol–water partition coefficient (Wildman–Crippen LogP) is 0.380. The standard InChI is InChI=1S/C11H15NO6/c1-7(14)10-4-8(12(16)17)2-3-11(10)18-6-9(15)5-13/h2-4,7,9,13-15H,5-6H2,1H3/t7-,9?/m0/s1. The van der Waals surface area contributed by atoms with Crippen LogP contribution in [-0.2, 0) is 0 Å². The number of nitrogens with zero attached hydrogens (tertiary/aromatic N) is 1. The van der Waals surface area contributed by atoms with E-state index in [-0.39, 0.29) is 23.6 Å². The lowest BCUT2D eigenvalue weighted by molar-refractivity contribution is -0.385. The summed E-state index contributed by atoms with van der Waals surface area (Å²) in [6, 6.07) is 3.81. The van der Waals surface area contributed by atoms with Gasteiger partial charge in [0.15, 0.2) is 0 Å². The van der Waals surface area contributed by atoms with Crippen LogP contribution >= 0.6 is 0 Å². The summed E-state index contributed by atoms with van der Waals surface area (Å²) >= 11 is 0. The number of rotatable bonds is 6. The Bertz CT molecular complexity index is 420. The molecule has 1 rings (SSSR count). The molecule has 0 aliphatic rings. The average molecular weight is 257 g/mol. The minimum absolute atomic E-state index is 0.152. The summed E-state index contributed by atoms with van der Waals surface area (Å²) in [7, 11) is 0. The molecule has 3 N–H and O–H groups in total. The molecule has 1 unspecified atom stereocenters. The molecule has 0 spiro atoms. The van der Waals surface area contributed by atoms with E-state index >= 15 is 0 Å². The first kappa shape index (κ1) is 14.4. The van der Waals surface area contributed by atoms with Crippen molar-refractivity contribution in [1.82, 2.24) is 0 Å². The van der Waals surface area contributed by atoms with Crippen LogP contribution in [-0.4, -0.2) is 39.6 Å². The van der Waals surface area contributed by atoms with E-state index in [4.69, 9.17) is 14.9 Å². The number of aliphatic hydroxyl groups is 3. The lowest BCUT2D eigenvalue weighted by atomic mass is 10.1. The first-order chi connectivity index (χ1) is 8.45. The number of nitro benzene ring substituents is 1. The zero-order valence-electron chi connectivity index (χ0n) is 9.81. The van der Waals surface area contributed by atoms with Crippen LogP contribution in [0, 0.1) is 10.1 Å². The van der Waals surface area contributed by atoms with Gasteiger partial charge < -0.3 is 20.1 Å². The molecule has 0 amide bonds. The van der Waals surface area contributed by atoms with Crippen molar-refractivity contribution in [3.63, 3.8) is 0 Å². The lowest BCUT2D eigenvalue weighted by Gasteiger charge is -2.14. The second-order valence-corrected chi connectivity index (χ2v) is 3.80. The van der Waals surface area contributed by atoms with E-state index in [1.165, 1.54) is 25.1 Å². The number of ether oxygens (including phenoxy) is 1. The molecule has 0 fully saturated rings. The SMILES string of the molecule is C[C@H](O)c1cc([N+](=O)[O-])ccc1OCC(O)CO. The Balaban J connectivity index is 2.93. The molecule has 0 aliphatic carbocycles. The molecule has 18 heavy (non-hydrogen) atoms. The molecule has 0 saturated carbocycles. The summed E-state index contributed by atoms with van der Waals surface area (Å²) < 4.78 is 5.19. The van der Waals surface area contributed by atoms with Crippen molar-refractivity contribution in [3.05, 3.63) is 33.9 Å². The molecule has 1 aromatic rings. The topological polar surface area (TPSA) is 113 Å². The van der Waals surface area contributed by atoms with Crippen molar-refractivity contribution >= 4 is 5.69 Å². The van der Waals surface area contributed by atoms with E-state index < -0.39 is 23.7 Å². The zero-order valence-corrected chi connectivity index (χ0v) is 9.81. The third-order valence-electron chi connectivity index (χ3n) is 2.30. The van der Waals surface area contributed by atoms with Gasteiger partial charge in [0, 0.05) is 17.7 Å². The largest absolute Gasteiger partial charge is 0.490 e. The third kappa shape index (κ3) is 3.66. The van der Waals surface area contributed by atoms with Gasteiger partial charge in [0.25, 0.3) is 5.69 Å². The number of aliphatic hydroxyl groups excluding tert-OH is 3. The van der Waals surface area contributed by atoms with Gasteiger partial charge in [0.05, 0.1) is 17.6 Å². The molecule has 2 atom stereocenters. The Labute approximate surface area is 103 Å². The Morgan fingerprint density at radius 3 is 2.61 bits per heavy atom. The molecule has 0 aliphatic heterocycles. The van der Waals surface area contributed by atoms with Crippen LogP contribution in [0.2, 0.25) is 0 Å². The van der Waals surface area contributed by atoms with Crippen molar-refractivity contribution in [3.8, 4) is 5.75 Å². The van der Waals surface area contributed by atoms with Crippen molar-refractivity contribution in [1.29, 1.82) is 0 Å². The Hall–Kier alpha value is -1.70. The maximum Gasteiger partial charge on any atom is 0.270 e. The quantitative estimate of drug-likeness (QED) is 0.501. The Morgan fingerprint density at radius 2 is 2.11 bits per heavy atom. The van der Waals surface area contributed by atoms with Gasteiger partial charge in [-0.25, -0.2) is 0 Å². The summed E-state index contributed by atoms with van der Waals surface area (Å²) in [6.07, 6.45) is -1.98. The Kier molecular flexibility index (Phi) is 5.02. The van der Waals surface area contributed by atoms with Gasteiger partial charge in [-0.1, -0.05) is 0 Å². The molecule has 100 valence electrons. The summed E-state index contributed by atoms with van der Waals surface area (Å²) in [5.41, 5.74) is 0.107. The fourth-order valence-corrected chi connectivity index (χ4v) is 1.35. The van der Waals surface area contributed by atoms with Gasteiger partial charge in [-0.15, -0.1) is 0 Å². The molecule has 0 radical (unpaired) electrons. The fourth-order valence-electron chi connectivity index (χ4n) is 1.35. The molecule has 0 aromatic heterocycles. The highest BCUT2D eigenvalue weighted by Crippen LogP contribution is 2.29. The van der Waals surface area contributed by atoms with Gasteiger partial charge in [-0.2, -0.15) is 0 Å². The second kappa shape index (κ2) is 6.29. The van der Waals surface area contributed by atoms with E-state index in [0.29, 0.717) is 0 Å². The van der Waals surface area contributed by atoms with Gasteiger partial charge in [0.1, 0.15) is 18.5 Å². The second-order valence-electron chi connectivity index (χ2n) is 3.80. The smallest absolute Gasteiger partial charge is 0.270 e. The van der Waals surface area contributed by atoms with Gasteiger partial charge in [-0.3, -0.25) is 10.1 Å². The first-order valence-electron chi connectivity index (χ1n) is 5.33.